The van der Waals surface area contributed by atoms with Gasteiger partial charge in [0.05, 0.1) is 0 Å². The van der Waals surface area contributed by atoms with Crippen LogP contribution in [0.25, 0.3) is 11.5 Å². The number of hydrogen-bond acceptors (Lipinski definition) is 6. The van der Waals surface area contributed by atoms with Gasteiger partial charge in [0.2, 0.25) is 18.6 Å². The molecule has 4 aromatic rings. The minimum absolute atomic E-state index is 0.114. The molecule has 7 nitrogen and oxygen atoms in total. The Labute approximate surface area is 176 Å². The smallest absolute Gasteiger partial charge is 0.252 e. The Morgan fingerprint density at radius 2 is 1.71 bits per heavy atom. The zero-order valence-electron chi connectivity index (χ0n) is 16.1. The molecule has 1 atom stereocenters. The highest BCUT2D eigenvalue weighted by Crippen LogP contribution is 2.33. The summed E-state index contributed by atoms with van der Waals surface area (Å²) in [4.78, 5) is 13.0. The molecule has 1 aliphatic rings. The first kappa shape index (κ1) is 18.8. The van der Waals surface area contributed by atoms with Crippen LogP contribution in [0.4, 0.5) is 4.39 Å². The van der Waals surface area contributed by atoms with E-state index in [0.717, 1.165) is 5.56 Å². The van der Waals surface area contributed by atoms with Crippen LogP contribution in [0, 0.1) is 5.82 Å². The van der Waals surface area contributed by atoms with Crippen molar-refractivity contribution in [2.75, 3.05) is 6.79 Å². The number of rotatable bonds is 5. The monoisotopic (exact) mass is 417 g/mol. The van der Waals surface area contributed by atoms with Crippen LogP contribution in [0.15, 0.2) is 77.2 Å². The molecule has 0 fully saturated rings. The maximum atomic E-state index is 13.5. The van der Waals surface area contributed by atoms with Crippen molar-refractivity contribution in [3.63, 3.8) is 0 Å². The van der Waals surface area contributed by atoms with Crippen LogP contribution < -0.4 is 14.8 Å². The van der Waals surface area contributed by atoms with Crippen molar-refractivity contribution in [2.24, 2.45) is 0 Å². The number of amides is 1. The molecule has 3 aromatic carbocycles. The lowest BCUT2D eigenvalue weighted by molar-refractivity contribution is 0.0937. The molecule has 154 valence electrons. The second-order valence-electron chi connectivity index (χ2n) is 6.84. The summed E-state index contributed by atoms with van der Waals surface area (Å²) in [5.41, 5.74) is 1.72. The van der Waals surface area contributed by atoms with E-state index in [1.54, 1.807) is 30.3 Å². The first-order valence-corrected chi connectivity index (χ1v) is 9.52. The highest BCUT2D eigenvalue weighted by Gasteiger charge is 2.25. The van der Waals surface area contributed by atoms with Gasteiger partial charge < -0.3 is 19.2 Å². The molecule has 1 N–H and O–H groups in total. The van der Waals surface area contributed by atoms with Crippen molar-refractivity contribution < 1.29 is 23.1 Å². The van der Waals surface area contributed by atoms with Crippen molar-refractivity contribution in [3.05, 3.63) is 95.6 Å². The Bertz CT molecular complexity index is 1230. The summed E-state index contributed by atoms with van der Waals surface area (Å²) in [5.74, 6) is 0.804. The number of halogens is 1. The van der Waals surface area contributed by atoms with Crippen molar-refractivity contribution in [1.82, 2.24) is 15.5 Å². The SMILES string of the molecule is O=C(NC(c1ccc(F)cc1)c1nnc(-c2ccccc2)o1)c1ccc2c(c1)OCO2. The van der Waals surface area contributed by atoms with Crippen LogP contribution in [0.2, 0.25) is 0 Å². The van der Waals surface area contributed by atoms with Gasteiger partial charge in [0.1, 0.15) is 11.9 Å². The van der Waals surface area contributed by atoms with Gasteiger partial charge >= 0.3 is 0 Å². The fourth-order valence-electron chi connectivity index (χ4n) is 3.24. The number of hydrogen-bond donors (Lipinski definition) is 1. The van der Waals surface area contributed by atoms with E-state index in [-0.39, 0.29) is 24.4 Å². The third-order valence-corrected chi connectivity index (χ3v) is 4.82. The number of nitrogens with one attached hydrogen (secondary N) is 1. The highest BCUT2D eigenvalue weighted by atomic mass is 19.1. The summed E-state index contributed by atoms with van der Waals surface area (Å²) in [5, 5.41) is 11.1. The summed E-state index contributed by atoms with van der Waals surface area (Å²) >= 11 is 0. The van der Waals surface area contributed by atoms with Gasteiger partial charge in [-0.15, -0.1) is 10.2 Å². The molecule has 1 unspecified atom stereocenters. The number of benzene rings is 3. The molecule has 0 radical (unpaired) electrons. The minimum Gasteiger partial charge on any atom is -0.454 e. The van der Waals surface area contributed by atoms with Crippen LogP contribution in [0.5, 0.6) is 11.5 Å². The third kappa shape index (κ3) is 3.83. The average Bonchev–Trinajstić information content (AvgIpc) is 3.48. The minimum atomic E-state index is -0.775. The van der Waals surface area contributed by atoms with Crippen molar-refractivity contribution in [1.29, 1.82) is 0 Å². The number of fused-ring (bicyclic) bond motifs is 1. The Hall–Kier alpha value is -4.20. The van der Waals surface area contributed by atoms with Crippen molar-refractivity contribution in [2.45, 2.75) is 6.04 Å². The van der Waals surface area contributed by atoms with Gasteiger partial charge in [-0.25, -0.2) is 4.39 Å². The molecular weight excluding hydrogens is 401 g/mol. The molecule has 0 spiro atoms. The normalized spacial score (nSPS) is 13.1. The van der Waals surface area contributed by atoms with E-state index in [2.05, 4.69) is 15.5 Å². The van der Waals surface area contributed by atoms with E-state index in [4.69, 9.17) is 13.9 Å². The number of nitrogens with zero attached hydrogens (tertiary/aromatic N) is 2. The quantitative estimate of drug-likeness (QED) is 0.526. The van der Waals surface area contributed by atoms with Crippen LogP contribution >= 0.6 is 0 Å². The Morgan fingerprint density at radius 3 is 2.52 bits per heavy atom. The molecule has 31 heavy (non-hydrogen) atoms. The van der Waals surface area contributed by atoms with Gasteiger partial charge in [-0.2, -0.15) is 0 Å². The summed E-state index contributed by atoms with van der Waals surface area (Å²) in [6.07, 6.45) is 0. The van der Waals surface area contributed by atoms with Gasteiger partial charge in [0.15, 0.2) is 11.5 Å². The Morgan fingerprint density at radius 1 is 0.935 bits per heavy atom. The molecule has 1 aromatic heterocycles. The molecule has 0 saturated heterocycles. The van der Waals surface area contributed by atoms with E-state index >= 15 is 0 Å². The van der Waals surface area contributed by atoms with Gasteiger partial charge in [-0.3, -0.25) is 4.79 Å². The Kier molecular flexibility index (Phi) is 4.80. The molecule has 1 amide bonds. The van der Waals surface area contributed by atoms with Gasteiger partial charge in [-0.1, -0.05) is 30.3 Å². The maximum Gasteiger partial charge on any atom is 0.252 e. The molecule has 8 heteroatoms. The summed E-state index contributed by atoms with van der Waals surface area (Å²) in [6.45, 7) is 0.114. The average molecular weight is 417 g/mol. The largest absolute Gasteiger partial charge is 0.454 e. The van der Waals surface area contributed by atoms with E-state index in [1.807, 2.05) is 30.3 Å². The predicted molar refractivity (Wildman–Crippen MR) is 108 cm³/mol. The first-order valence-electron chi connectivity index (χ1n) is 9.52. The highest BCUT2D eigenvalue weighted by molar-refractivity contribution is 5.95. The van der Waals surface area contributed by atoms with Crippen molar-refractivity contribution >= 4 is 5.91 Å². The first-order chi connectivity index (χ1) is 15.2. The zero-order valence-corrected chi connectivity index (χ0v) is 16.1. The molecule has 0 aliphatic carbocycles. The summed E-state index contributed by atoms with van der Waals surface area (Å²) < 4.78 is 30.0. The number of aromatic nitrogens is 2. The number of carbonyl (C=O) groups excluding carboxylic acids is 1. The van der Waals surface area contributed by atoms with E-state index in [0.29, 0.717) is 28.5 Å². The van der Waals surface area contributed by atoms with Crippen LogP contribution in [0.1, 0.15) is 27.9 Å². The standard InChI is InChI=1S/C23H16FN3O4/c24-17-9-6-14(7-10-17)20(23-27-26-22(31-23)15-4-2-1-3-5-15)25-21(28)16-8-11-18-19(12-16)30-13-29-18/h1-12,20H,13H2,(H,25,28). The van der Waals surface area contributed by atoms with E-state index in [1.165, 1.54) is 12.1 Å². The van der Waals surface area contributed by atoms with Gasteiger partial charge in [-0.05, 0) is 48.0 Å². The maximum absolute atomic E-state index is 13.5. The summed E-state index contributed by atoms with van der Waals surface area (Å²) in [6, 6.07) is 19.2. The summed E-state index contributed by atoms with van der Waals surface area (Å²) in [7, 11) is 0. The fraction of sp³-hybridized carbons (Fsp3) is 0.0870. The molecular formula is C23H16FN3O4. The predicted octanol–water partition coefficient (Wildman–Crippen LogP) is 4.12. The van der Waals surface area contributed by atoms with E-state index in [9.17, 15) is 9.18 Å². The van der Waals surface area contributed by atoms with Gasteiger partial charge in [0.25, 0.3) is 5.91 Å². The van der Waals surface area contributed by atoms with Crippen molar-refractivity contribution in [3.8, 4) is 23.0 Å². The fourth-order valence-corrected chi connectivity index (χ4v) is 3.24. The number of ether oxygens (including phenoxy) is 2. The Balaban J connectivity index is 1.47. The van der Waals surface area contributed by atoms with E-state index < -0.39 is 6.04 Å². The van der Waals surface area contributed by atoms with Crippen LogP contribution in [0.3, 0.4) is 0 Å². The van der Waals surface area contributed by atoms with Crippen LogP contribution in [-0.2, 0) is 0 Å². The second-order valence-corrected chi connectivity index (χ2v) is 6.84. The molecule has 5 rings (SSSR count). The molecule has 1 aliphatic heterocycles. The number of carbonyl (C=O) groups is 1. The third-order valence-electron chi connectivity index (χ3n) is 4.82. The lowest BCUT2D eigenvalue weighted by Crippen LogP contribution is -2.29. The zero-order chi connectivity index (χ0) is 21.2. The molecule has 0 bridgehead atoms. The van der Waals surface area contributed by atoms with Crippen LogP contribution in [-0.4, -0.2) is 22.9 Å². The topological polar surface area (TPSA) is 86.5 Å². The second kappa shape index (κ2) is 7.91. The lowest BCUT2D eigenvalue weighted by Gasteiger charge is -2.16. The lowest BCUT2D eigenvalue weighted by atomic mass is 10.1. The molecule has 0 saturated carbocycles. The van der Waals surface area contributed by atoms with Gasteiger partial charge in [0, 0.05) is 11.1 Å². The molecule has 2 heterocycles.